The van der Waals surface area contributed by atoms with Gasteiger partial charge in [0.05, 0.1) is 11.3 Å². The van der Waals surface area contributed by atoms with E-state index in [2.05, 4.69) is 5.32 Å². The predicted octanol–water partition coefficient (Wildman–Crippen LogP) is 3.31. The van der Waals surface area contributed by atoms with E-state index in [4.69, 9.17) is 4.74 Å². The number of carboxylic acid groups (broad SMARTS) is 1. The highest BCUT2D eigenvalue weighted by atomic mass is 16.6. The molecule has 1 amide bonds. The minimum atomic E-state index is -1.09. The van der Waals surface area contributed by atoms with Crippen LogP contribution in [-0.4, -0.2) is 22.8 Å². The number of amides is 1. The zero-order valence-corrected chi connectivity index (χ0v) is 12.8. The average Bonchev–Trinajstić information content (AvgIpc) is 2.29. The third kappa shape index (κ3) is 5.30. The first kappa shape index (κ1) is 16.8. The van der Waals surface area contributed by atoms with Crippen molar-refractivity contribution in [1.82, 2.24) is 5.32 Å². The molecule has 2 N–H and O–H groups in total. The monoisotopic (exact) mass is 291 g/mol. The number of carbonyl (C=O) groups excluding carboxylic acids is 1. The number of hydrogen-bond donors (Lipinski definition) is 2. The van der Waals surface area contributed by atoms with Crippen LogP contribution in [0.2, 0.25) is 0 Å². The van der Waals surface area contributed by atoms with Crippen molar-refractivity contribution in [3.63, 3.8) is 0 Å². The molecule has 0 heterocycles. The van der Waals surface area contributed by atoms with Crippen LogP contribution in [0.1, 0.15) is 34.1 Å². The lowest BCUT2D eigenvalue weighted by Crippen LogP contribution is -2.33. The molecule has 0 fully saturated rings. The summed E-state index contributed by atoms with van der Waals surface area (Å²) in [5.41, 5.74) is 0.273. The van der Waals surface area contributed by atoms with Gasteiger partial charge < -0.3 is 9.84 Å². The third-order valence-corrected chi connectivity index (χ3v) is 2.60. The van der Waals surface area contributed by atoms with Crippen molar-refractivity contribution >= 4 is 12.1 Å². The molecule has 0 aromatic heterocycles. The Morgan fingerprint density at radius 2 is 1.90 bits per heavy atom. The van der Waals surface area contributed by atoms with E-state index in [9.17, 15) is 14.7 Å². The number of ether oxygens (including phenoxy) is 1. The van der Waals surface area contributed by atoms with Crippen LogP contribution in [0.4, 0.5) is 4.79 Å². The summed E-state index contributed by atoms with van der Waals surface area (Å²) in [5, 5.41) is 11.9. The Morgan fingerprint density at radius 3 is 2.43 bits per heavy atom. The number of nitrogens with one attached hydrogen (secondary N) is 1. The van der Waals surface area contributed by atoms with Crippen molar-refractivity contribution in [2.75, 3.05) is 0 Å². The number of hydrogen-bond acceptors (Lipinski definition) is 3. The topological polar surface area (TPSA) is 75.6 Å². The van der Waals surface area contributed by atoms with Gasteiger partial charge in [0.15, 0.2) is 0 Å². The Hall–Kier alpha value is -2.30. The number of alkyl carbamates (subject to hydrolysis) is 1. The summed E-state index contributed by atoms with van der Waals surface area (Å²) in [4.78, 5) is 23.4. The largest absolute Gasteiger partial charge is 0.478 e. The van der Waals surface area contributed by atoms with Crippen LogP contribution in [0.25, 0.3) is 0 Å². The van der Waals surface area contributed by atoms with E-state index in [0.717, 1.165) is 0 Å². The van der Waals surface area contributed by atoms with Crippen LogP contribution < -0.4 is 5.32 Å². The summed E-state index contributed by atoms with van der Waals surface area (Å²) in [5.74, 6) is -1.09. The van der Waals surface area contributed by atoms with Gasteiger partial charge >= 0.3 is 12.1 Å². The normalized spacial score (nSPS) is 19.1. The highest BCUT2D eigenvalue weighted by Crippen LogP contribution is 2.20. The Kier molecular flexibility index (Phi) is 5.52. The molecule has 0 saturated heterocycles. The standard InChI is InChI=1S/C16H21NO4/c1-5-11-9-7-6-8-10-12(13(11)14(18)19)17-15(20)21-16(2,3)4/h6-10H,5H2,1-4H3,(H,17,20)(H,18,19)/b7-6?,8-6-,9-7?,10-8?,11-9?,12-10-,13-11?,13-12?. The molecule has 5 heteroatoms. The predicted molar refractivity (Wildman–Crippen MR) is 80.7 cm³/mol. The van der Waals surface area contributed by atoms with Crippen molar-refractivity contribution in [3.05, 3.63) is 47.2 Å². The molecule has 0 saturated carbocycles. The van der Waals surface area contributed by atoms with Crippen LogP contribution in [0.15, 0.2) is 47.2 Å². The molecule has 0 aliphatic heterocycles. The molecule has 1 aliphatic carbocycles. The summed E-state index contributed by atoms with van der Waals surface area (Å²) in [6, 6.07) is 0. The zero-order valence-electron chi connectivity index (χ0n) is 12.8. The first-order valence-electron chi connectivity index (χ1n) is 6.76. The summed E-state index contributed by atoms with van der Waals surface area (Å²) >= 11 is 0. The van der Waals surface area contributed by atoms with E-state index in [1.54, 1.807) is 51.2 Å². The lowest BCUT2D eigenvalue weighted by atomic mass is 10.0. The number of aliphatic carboxylic acids is 1. The fourth-order valence-electron chi connectivity index (χ4n) is 1.79. The molecule has 114 valence electrons. The molecule has 0 radical (unpaired) electrons. The van der Waals surface area contributed by atoms with Crippen LogP contribution in [0.3, 0.4) is 0 Å². The van der Waals surface area contributed by atoms with Gasteiger partial charge in [-0.05, 0) is 38.8 Å². The number of rotatable bonds is 3. The van der Waals surface area contributed by atoms with Crippen LogP contribution >= 0.6 is 0 Å². The van der Waals surface area contributed by atoms with Crippen LogP contribution in [0.5, 0.6) is 0 Å². The molecule has 5 nitrogen and oxygen atoms in total. The lowest BCUT2D eigenvalue weighted by Gasteiger charge is -2.21. The van der Waals surface area contributed by atoms with Crippen molar-refractivity contribution in [2.45, 2.75) is 39.7 Å². The van der Waals surface area contributed by atoms with Crippen molar-refractivity contribution in [1.29, 1.82) is 0 Å². The van der Waals surface area contributed by atoms with Gasteiger partial charge in [0.1, 0.15) is 5.60 Å². The third-order valence-electron chi connectivity index (χ3n) is 2.60. The fraction of sp³-hybridized carbons (Fsp3) is 0.375. The van der Waals surface area contributed by atoms with Crippen molar-refractivity contribution in [2.24, 2.45) is 0 Å². The van der Waals surface area contributed by atoms with Gasteiger partial charge in [-0.3, -0.25) is 5.32 Å². The highest BCUT2D eigenvalue weighted by molar-refractivity contribution is 5.94. The maximum Gasteiger partial charge on any atom is 0.412 e. The van der Waals surface area contributed by atoms with E-state index >= 15 is 0 Å². The molecule has 21 heavy (non-hydrogen) atoms. The number of carbonyl (C=O) groups is 2. The van der Waals surface area contributed by atoms with Crippen molar-refractivity contribution < 1.29 is 19.4 Å². The lowest BCUT2D eigenvalue weighted by molar-refractivity contribution is -0.132. The second-order valence-electron chi connectivity index (χ2n) is 5.51. The molecule has 0 atom stereocenters. The molecule has 0 aromatic carbocycles. The smallest absolute Gasteiger partial charge is 0.412 e. The quantitative estimate of drug-likeness (QED) is 0.836. The van der Waals surface area contributed by atoms with Crippen molar-refractivity contribution in [3.8, 4) is 0 Å². The summed E-state index contributed by atoms with van der Waals surface area (Å²) < 4.78 is 5.16. The van der Waals surface area contributed by atoms with E-state index in [1.165, 1.54) is 0 Å². The Morgan fingerprint density at radius 1 is 1.24 bits per heavy atom. The maximum atomic E-state index is 11.9. The number of carboxylic acids is 1. The Bertz CT molecular complexity index is 545. The van der Waals surface area contributed by atoms with Gasteiger partial charge in [0.25, 0.3) is 0 Å². The molecular weight excluding hydrogens is 270 g/mol. The van der Waals surface area contributed by atoms with Gasteiger partial charge in [0.2, 0.25) is 0 Å². The second-order valence-corrected chi connectivity index (χ2v) is 5.51. The Balaban J connectivity index is 3.11. The van der Waals surface area contributed by atoms with Gasteiger partial charge in [-0.1, -0.05) is 31.2 Å². The molecule has 0 aromatic rings. The van der Waals surface area contributed by atoms with E-state index < -0.39 is 17.7 Å². The molecule has 1 aliphatic rings. The first-order chi connectivity index (χ1) is 9.74. The van der Waals surface area contributed by atoms with Gasteiger partial charge in [-0.15, -0.1) is 0 Å². The van der Waals surface area contributed by atoms with Gasteiger partial charge in [-0.2, -0.15) is 0 Å². The molecular formula is C16H21NO4. The molecule has 0 unspecified atom stereocenters. The minimum Gasteiger partial charge on any atom is -0.478 e. The fourth-order valence-corrected chi connectivity index (χ4v) is 1.79. The molecule has 0 bridgehead atoms. The van der Waals surface area contributed by atoms with E-state index in [1.807, 2.05) is 6.92 Å². The zero-order chi connectivity index (χ0) is 16.0. The van der Waals surface area contributed by atoms with E-state index in [0.29, 0.717) is 12.0 Å². The van der Waals surface area contributed by atoms with E-state index in [-0.39, 0.29) is 11.3 Å². The van der Waals surface area contributed by atoms with Crippen LogP contribution in [0, 0.1) is 0 Å². The number of allylic oxidation sites excluding steroid dienone is 6. The SMILES string of the molecule is CCC1=C(C(=O)O)/C(NC(=O)OC(C)(C)C)=C/C=C\C=C1. The van der Waals surface area contributed by atoms with Crippen LogP contribution in [-0.2, 0) is 9.53 Å². The summed E-state index contributed by atoms with van der Waals surface area (Å²) in [7, 11) is 0. The summed E-state index contributed by atoms with van der Waals surface area (Å²) in [6.07, 6.45) is 8.34. The molecule has 1 rings (SSSR count). The maximum absolute atomic E-state index is 11.9. The average molecular weight is 291 g/mol. The Labute approximate surface area is 124 Å². The highest BCUT2D eigenvalue weighted by Gasteiger charge is 2.22. The molecule has 0 spiro atoms. The minimum absolute atomic E-state index is 0.0731. The van der Waals surface area contributed by atoms with Gasteiger partial charge in [0, 0.05) is 0 Å². The second kappa shape index (κ2) is 6.92. The summed E-state index contributed by atoms with van der Waals surface area (Å²) in [6.45, 7) is 7.09. The van der Waals surface area contributed by atoms with Gasteiger partial charge in [-0.25, -0.2) is 9.59 Å². The first-order valence-corrected chi connectivity index (χ1v) is 6.76.